The third-order valence-corrected chi connectivity index (χ3v) is 1.45. The average Bonchev–Trinajstić information content (AvgIpc) is 2.35. The van der Waals surface area contributed by atoms with E-state index in [1.54, 1.807) is 0 Å². The highest BCUT2D eigenvalue weighted by Gasteiger charge is 2.37. The number of nitrogens with zero attached hydrogens (tertiary/aromatic N) is 1. The van der Waals surface area contributed by atoms with E-state index >= 15 is 0 Å². The number of hydrogen-bond acceptors (Lipinski definition) is 4. The van der Waals surface area contributed by atoms with Gasteiger partial charge in [0, 0.05) is 0 Å². The number of carbonyl (C=O) groups excluding carboxylic acids is 1. The van der Waals surface area contributed by atoms with Gasteiger partial charge < -0.3 is 9.57 Å². The normalized spacial score (nSPS) is 30.9. The highest BCUT2D eigenvalue weighted by atomic mass is 16.6. The third-order valence-electron chi connectivity index (χ3n) is 1.45. The third kappa shape index (κ3) is 0.526. The van der Waals surface area contributed by atoms with Gasteiger partial charge in [-0.1, -0.05) is 5.16 Å². The van der Waals surface area contributed by atoms with E-state index in [-0.39, 0.29) is 11.9 Å². The zero-order valence-corrected chi connectivity index (χ0v) is 4.66. The van der Waals surface area contributed by atoms with Crippen LogP contribution < -0.4 is 0 Å². The van der Waals surface area contributed by atoms with Crippen LogP contribution in [0.15, 0.2) is 5.16 Å². The van der Waals surface area contributed by atoms with Crippen LogP contribution in [0.4, 0.5) is 0 Å². The maximum absolute atomic E-state index is 10.6. The Hall–Kier alpha value is -1.06. The van der Waals surface area contributed by atoms with Crippen LogP contribution in [0.2, 0.25) is 0 Å². The first-order valence-corrected chi connectivity index (χ1v) is 2.75. The zero-order chi connectivity index (χ0) is 6.27. The van der Waals surface area contributed by atoms with Crippen molar-refractivity contribution in [2.45, 2.75) is 0 Å². The fraction of sp³-hybridized carbons (Fsp3) is 0.600. The molecule has 9 heavy (non-hydrogen) atoms. The second kappa shape index (κ2) is 1.46. The standard InChI is InChI=1S/C5H5NO3/c7-5-4-3(1-8-5)2-9-6-4/h3H,1-2H2. The molecule has 1 saturated heterocycles. The minimum Gasteiger partial charge on any atom is -0.460 e. The van der Waals surface area contributed by atoms with E-state index in [9.17, 15) is 4.79 Å². The molecule has 0 aliphatic carbocycles. The summed E-state index contributed by atoms with van der Waals surface area (Å²) in [5.74, 6) is -0.213. The molecular formula is C5H5NO3. The number of ether oxygens (including phenoxy) is 1. The van der Waals surface area contributed by atoms with E-state index in [1.807, 2.05) is 0 Å². The van der Waals surface area contributed by atoms with Crippen molar-refractivity contribution >= 4 is 11.7 Å². The lowest BCUT2D eigenvalue weighted by Gasteiger charge is -1.92. The summed E-state index contributed by atoms with van der Waals surface area (Å²) in [6.07, 6.45) is 0. The Balaban J connectivity index is 2.32. The molecule has 2 aliphatic heterocycles. The van der Waals surface area contributed by atoms with Crippen molar-refractivity contribution in [1.29, 1.82) is 0 Å². The Morgan fingerprint density at radius 2 is 2.44 bits per heavy atom. The Labute approximate surface area is 51.4 Å². The van der Waals surface area contributed by atoms with Crippen LogP contribution in [0.25, 0.3) is 0 Å². The lowest BCUT2D eigenvalue weighted by molar-refractivity contribution is -0.133. The van der Waals surface area contributed by atoms with Crippen molar-refractivity contribution in [2.75, 3.05) is 13.2 Å². The molecule has 0 radical (unpaired) electrons. The predicted octanol–water partition coefficient (Wildman–Crippen LogP) is -0.454. The zero-order valence-electron chi connectivity index (χ0n) is 4.66. The molecule has 1 fully saturated rings. The Kier molecular flexibility index (Phi) is 0.777. The smallest absolute Gasteiger partial charge is 0.356 e. The van der Waals surface area contributed by atoms with E-state index in [4.69, 9.17) is 0 Å². The molecule has 0 amide bonds. The van der Waals surface area contributed by atoms with Gasteiger partial charge in [-0.25, -0.2) is 4.79 Å². The molecule has 0 spiro atoms. The number of oxime groups is 1. The van der Waals surface area contributed by atoms with Gasteiger partial charge in [0.1, 0.15) is 13.2 Å². The molecule has 0 aromatic rings. The van der Waals surface area contributed by atoms with Crippen molar-refractivity contribution in [1.82, 2.24) is 0 Å². The summed E-state index contributed by atoms with van der Waals surface area (Å²) < 4.78 is 4.67. The van der Waals surface area contributed by atoms with E-state index in [2.05, 4.69) is 14.7 Å². The summed E-state index contributed by atoms with van der Waals surface area (Å²) >= 11 is 0. The van der Waals surface area contributed by atoms with Crippen LogP contribution in [0.1, 0.15) is 0 Å². The fourth-order valence-corrected chi connectivity index (χ4v) is 0.931. The summed E-state index contributed by atoms with van der Waals surface area (Å²) in [6.45, 7) is 0.943. The molecule has 0 bridgehead atoms. The monoisotopic (exact) mass is 127 g/mol. The molecule has 2 heterocycles. The predicted molar refractivity (Wildman–Crippen MR) is 27.8 cm³/mol. The molecule has 4 nitrogen and oxygen atoms in total. The molecule has 1 atom stereocenters. The number of rotatable bonds is 0. The Morgan fingerprint density at radius 1 is 1.56 bits per heavy atom. The van der Waals surface area contributed by atoms with Gasteiger partial charge in [0.2, 0.25) is 0 Å². The second-order valence-electron chi connectivity index (χ2n) is 2.07. The maximum Gasteiger partial charge on any atom is 0.356 e. The van der Waals surface area contributed by atoms with Gasteiger partial charge in [-0.2, -0.15) is 0 Å². The summed E-state index contributed by atoms with van der Waals surface area (Å²) in [4.78, 5) is 15.3. The Bertz CT molecular complexity index is 187. The SMILES string of the molecule is O=C1OCC2CON=C12. The number of cyclic esters (lactones) is 1. The van der Waals surface area contributed by atoms with Gasteiger partial charge in [-0.05, 0) is 0 Å². The highest BCUT2D eigenvalue weighted by molar-refractivity contribution is 6.39. The molecule has 0 saturated carbocycles. The quantitative estimate of drug-likeness (QED) is 0.414. The maximum atomic E-state index is 10.6. The van der Waals surface area contributed by atoms with Gasteiger partial charge in [0.15, 0.2) is 5.71 Å². The van der Waals surface area contributed by atoms with E-state index in [0.717, 1.165) is 0 Å². The second-order valence-corrected chi connectivity index (χ2v) is 2.07. The first kappa shape index (κ1) is 4.78. The first-order valence-electron chi connectivity index (χ1n) is 2.75. The molecule has 4 heteroatoms. The van der Waals surface area contributed by atoms with Gasteiger partial charge >= 0.3 is 5.97 Å². The molecule has 2 aliphatic rings. The van der Waals surface area contributed by atoms with Gasteiger partial charge in [-0.15, -0.1) is 0 Å². The molecule has 48 valence electrons. The van der Waals surface area contributed by atoms with E-state index < -0.39 is 0 Å². The largest absolute Gasteiger partial charge is 0.460 e. The number of carbonyl (C=O) groups is 1. The molecule has 2 rings (SSSR count). The minimum atomic E-state index is -0.322. The van der Waals surface area contributed by atoms with Crippen LogP contribution in [0, 0.1) is 5.92 Å². The molecule has 1 unspecified atom stereocenters. The highest BCUT2D eigenvalue weighted by Crippen LogP contribution is 2.17. The molecular weight excluding hydrogens is 122 g/mol. The van der Waals surface area contributed by atoms with E-state index in [1.165, 1.54) is 0 Å². The molecule has 0 N–H and O–H groups in total. The van der Waals surface area contributed by atoms with Crippen molar-refractivity contribution in [3.05, 3.63) is 0 Å². The van der Waals surface area contributed by atoms with Crippen LogP contribution in [-0.2, 0) is 14.4 Å². The number of hydrogen-bond donors (Lipinski definition) is 0. The van der Waals surface area contributed by atoms with Crippen molar-refractivity contribution in [2.24, 2.45) is 11.1 Å². The molecule has 0 aromatic carbocycles. The fourth-order valence-electron chi connectivity index (χ4n) is 0.931. The lowest BCUT2D eigenvalue weighted by atomic mass is 10.1. The number of esters is 1. The Morgan fingerprint density at radius 3 is 3.22 bits per heavy atom. The van der Waals surface area contributed by atoms with Gasteiger partial charge in [0.05, 0.1) is 5.92 Å². The summed E-state index contributed by atoms with van der Waals surface area (Å²) in [7, 11) is 0. The average molecular weight is 127 g/mol. The van der Waals surface area contributed by atoms with Crippen molar-refractivity contribution < 1.29 is 14.4 Å². The van der Waals surface area contributed by atoms with Crippen LogP contribution >= 0.6 is 0 Å². The summed E-state index contributed by atoms with van der Waals surface area (Å²) in [5, 5.41) is 3.52. The lowest BCUT2D eigenvalue weighted by Crippen LogP contribution is -2.11. The summed E-state index contributed by atoms with van der Waals surface area (Å²) in [5.41, 5.74) is 0.454. The van der Waals surface area contributed by atoms with E-state index in [0.29, 0.717) is 18.9 Å². The minimum absolute atomic E-state index is 0.109. The summed E-state index contributed by atoms with van der Waals surface area (Å²) in [6, 6.07) is 0. The van der Waals surface area contributed by atoms with Gasteiger partial charge in [-0.3, -0.25) is 0 Å². The first-order chi connectivity index (χ1) is 4.38. The van der Waals surface area contributed by atoms with Crippen LogP contribution in [-0.4, -0.2) is 24.9 Å². The van der Waals surface area contributed by atoms with Crippen LogP contribution in [0.3, 0.4) is 0 Å². The van der Waals surface area contributed by atoms with Gasteiger partial charge in [0.25, 0.3) is 0 Å². The van der Waals surface area contributed by atoms with Crippen LogP contribution in [0.5, 0.6) is 0 Å². The van der Waals surface area contributed by atoms with Crippen molar-refractivity contribution in [3.8, 4) is 0 Å². The molecule has 0 aromatic heterocycles. The number of fused-ring (bicyclic) bond motifs is 1. The van der Waals surface area contributed by atoms with Crippen molar-refractivity contribution in [3.63, 3.8) is 0 Å². The topological polar surface area (TPSA) is 47.9 Å².